The van der Waals surface area contributed by atoms with Crippen LogP contribution in [0, 0.1) is 0 Å². The molecular formula is C11H15NO3. The Kier molecular flexibility index (Phi) is 3.08. The highest BCUT2D eigenvalue weighted by molar-refractivity contribution is 5.48. The quantitative estimate of drug-likeness (QED) is 0.773. The van der Waals surface area contributed by atoms with Crippen molar-refractivity contribution in [2.45, 2.75) is 19.5 Å². The van der Waals surface area contributed by atoms with E-state index in [1.54, 1.807) is 0 Å². The lowest BCUT2D eigenvalue weighted by Gasteiger charge is -2.11. The zero-order chi connectivity index (χ0) is 10.7. The van der Waals surface area contributed by atoms with Gasteiger partial charge >= 0.3 is 0 Å². The second-order valence-corrected chi connectivity index (χ2v) is 3.62. The van der Waals surface area contributed by atoms with Crippen LogP contribution in [-0.2, 0) is 6.54 Å². The first-order chi connectivity index (χ1) is 7.31. The molecule has 0 fully saturated rings. The summed E-state index contributed by atoms with van der Waals surface area (Å²) >= 11 is 0. The lowest BCUT2D eigenvalue weighted by Crippen LogP contribution is -2.28. The minimum absolute atomic E-state index is 0.0863. The largest absolute Gasteiger partial charge is 0.454 e. The molecule has 0 spiro atoms. The standard InChI is InChI=1S/C11H15NO3/c1-8(6-13)12-5-9-3-2-4-10-11(9)15-7-14-10/h2-4,8,12-13H,5-7H2,1H3/t8-/m0/s1. The van der Waals surface area contributed by atoms with E-state index in [4.69, 9.17) is 14.6 Å². The van der Waals surface area contributed by atoms with Gasteiger partial charge in [0.15, 0.2) is 11.5 Å². The van der Waals surface area contributed by atoms with Crippen LogP contribution in [0.1, 0.15) is 12.5 Å². The number of para-hydroxylation sites is 1. The van der Waals surface area contributed by atoms with Crippen LogP contribution in [0.3, 0.4) is 0 Å². The molecule has 82 valence electrons. The van der Waals surface area contributed by atoms with Gasteiger partial charge in [0, 0.05) is 18.2 Å². The highest BCUT2D eigenvalue weighted by atomic mass is 16.7. The number of ether oxygens (including phenoxy) is 2. The van der Waals surface area contributed by atoms with Crippen LogP contribution < -0.4 is 14.8 Å². The molecule has 0 aliphatic carbocycles. The van der Waals surface area contributed by atoms with Gasteiger partial charge in [-0.3, -0.25) is 0 Å². The van der Waals surface area contributed by atoms with Gasteiger partial charge in [-0.05, 0) is 13.0 Å². The fourth-order valence-electron chi connectivity index (χ4n) is 1.48. The molecule has 0 unspecified atom stereocenters. The first-order valence-corrected chi connectivity index (χ1v) is 5.03. The van der Waals surface area contributed by atoms with Gasteiger partial charge in [-0.25, -0.2) is 0 Å². The molecule has 1 aromatic carbocycles. The second kappa shape index (κ2) is 4.51. The third kappa shape index (κ3) is 2.22. The van der Waals surface area contributed by atoms with Crippen molar-refractivity contribution in [2.24, 2.45) is 0 Å². The predicted molar refractivity (Wildman–Crippen MR) is 56.0 cm³/mol. The Labute approximate surface area is 88.8 Å². The molecule has 1 heterocycles. The molecule has 1 aliphatic rings. The SMILES string of the molecule is C[C@@H](CO)NCc1cccc2c1OCO2. The number of hydrogen-bond acceptors (Lipinski definition) is 4. The predicted octanol–water partition coefficient (Wildman–Crippen LogP) is 0.886. The van der Waals surface area contributed by atoms with Gasteiger partial charge in [0.2, 0.25) is 6.79 Å². The molecule has 0 saturated heterocycles. The minimum Gasteiger partial charge on any atom is -0.454 e. The number of benzene rings is 1. The Morgan fingerprint density at radius 3 is 3.13 bits per heavy atom. The van der Waals surface area contributed by atoms with E-state index in [0.29, 0.717) is 13.3 Å². The Morgan fingerprint density at radius 1 is 1.47 bits per heavy atom. The fourth-order valence-corrected chi connectivity index (χ4v) is 1.48. The van der Waals surface area contributed by atoms with Gasteiger partial charge in [0.25, 0.3) is 0 Å². The Hall–Kier alpha value is -1.26. The van der Waals surface area contributed by atoms with Gasteiger partial charge in [-0.15, -0.1) is 0 Å². The number of aliphatic hydroxyl groups is 1. The molecule has 15 heavy (non-hydrogen) atoms. The molecule has 0 radical (unpaired) electrons. The smallest absolute Gasteiger partial charge is 0.231 e. The highest BCUT2D eigenvalue weighted by Crippen LogP contribution is 2.35. The van der Waals surface area contributed by atoms with Crippen LogP contribution >= 0.6 is 0 Å². The van der Waals surface area contributed by atoms with Crippen LogP contribution in [0.2, 0.25) is 0 Å². The van der Waals surface area contributed by atoms with Crippen molar-refractivity contribution in [1.82, 2.24) is 5.32 Å². The number of nitrogens with one attached hydrogen (secondary N) is 1. The third-order valence-corrected chi connectivity index (χ3v) is 2.39. The van der Waals surface area contributed by atoms with Crippen molar-refractivity contribution >= 4 is 0 Å². The number of rotatable bonds is 4. The summed E-state index contributed by atoms with van der Waals surface area (Å²) in [6.45, 7) is 3.03. The van der Waals surface area contributed by atoms with Crippen LogP contribution in [0.15, 0.2) is 18.2 Å². The monoisotopic (exact) mass is 209 g/mol. The van der Waals surface area contributed by atoms with Crippen LogP contribution in [0.25, 0.3) is 0 Å². The van der Waals surface area contributed by atoms with Crippen molar-refractivity contribution in [3.05, 3.63) is 23.8 Å². The van der Waals surface area contributed by atoms with Gasteiger partial charge in [0.1, 0.15) is 0 Å². The zero-order valence-corrected chi connectivity index (χ0v) is 8.69. The summed E-state index contributed by atoms with van der Waals surface area (Å²) < 4.78 is 10.6. The average molecular weight is 209 g/mol. The van der Waals surface area contributed by atoms with Crippen LogP contribution in [0.5, 0.6) is 11.5 Å². The minimum atomic E-state index is 0.0863. The van der Waals surface area contributed by atoms with Crippen LogP contribution in [-0.4, -0.2) is 24.5 Å². The molecule has 4 nitrogen and oxygen atoms in total. The molecule has 0 aromatic heterocycles. The van der Waals surface area contributed by atoms with Gasteiger partial charge < -0.3 is 19.9 Å². The summed E-state index contributed by atoms with van der Waals surface area (Å²) in [7, 11) is 0. The van der Waals surface area contributed by atoms with E-state index in [1.165, 1.54) is 0 Å². The molecule has 1 aliphatic heterocycles. The summed E-state index contributed by atoms with van der Waals surface area (Å²) in [4.78, 5) is 0. The topological polar surface area (TPSA) is 50.7 Å². The van der Waals surface area contributed by atoms with Gasteiger partial charge in [0.05, 0.1) is 6.61 Å². The summed E-state index contributed by atoms with van der Waals surface area (Å²) in [5.74, 6) is 1.61. The van der Waals surface area contributed by atoms with Gasteiger partial charge in [-0.1, -0.05) is 12.1 Å². The number of aliphatic hydroxyl groups excluding tert-OH is 1. The van der Waals surface area contributed by atoms with Crippen molar-refractivity contribution in [2.75, 3.05) is 13.4 Å². The Morgan fingerprint density at radius 2 is 2.33 bits per heavy atom. The second-order valence-electron chi connectivity index (χ2n) is 3.62. The van der Waals surface area contributed by atoms with Crippen molar-refractivity contribution < 1.29 is 14.6 Å². The molecule has 2 rings (SSSR count). The van der Waals surface area contributed by atoms with E-state index in [-0.39, 0.29) is 12.6 Å². The molecule has 1 atom stereocenters. The summed E-state index contributed by atoms with van der Waals surface area (Å²) in [5, 5.41) is 12.1. The van der Waals surface area contributed by atoms with Gasteiger partial charge in [-0.2, -0.15) is 0 Å². The van der Waals surface area contributed by atoms with E-state index in [0.717, 1.165) is 17.1 Å². The molecular weight excluding hydrogens is 194 g/mol. The molecule has 0 saturated carbocycles. The highest BCUT2D eigenvalue weighted by Gasteiger charge is 2.16. The first-order valence-electron chi connectivity index (χ1n) is 5.03. The summed E-state index contributed by atoms with van der Waals surface area (Å²) in [6, 6.07) is 5.91. The lowest BCUT2D eigenvalue weighted by molar-refractivity contribution is 0.173. The third-order valence-electron chi connectivity index (χ3n) is 2.39. The normalized spacial score (nSPS) is 15.3. The van der Waals surface area contributed by atoms with Crippen molar-refractivity contribution in [3.8, 4) is 11.5 Å². The summed E-state index contributed by atoms with van der Waals surface area (Å²) in [6.07, 6.45) is 0. The first kappa shape index (κ1) is 10.3. The fraction of sp³-hybridized carbons (Fsp3) is 0.455. The lowest BCUT2D eigenvalue weighted by atomic mass is 10.2. The average Bonchev–Trinajstić information content (AvgIpc) is 2.74. The Balaban J connectivity index is 2.06. The molecule has 4 heteroatoms. The maximum Gasteiger partial charge on any atom is 0.231 e. The van der Waals surface area contributed by atoms with Crippen molar-refractivity contribution in [3.63, 3.8) is 0 Å². The van der Waals surface area contributed by atoms with Crippen LogP contribution in [0.4, 0.5) is 0 Å². The molecule has 1 aromatic rings. The van der Waals surface area contributed by atoms with E-state index in [2.05, 4.69) is 5.32 Å². The molecule has 0 bridgehead atoms. The number of fused-ring (bicyclic) bond motifs is 1. The van der Waals surface area contributed by atoms with Crippen molar-refractivity contribution in [1.29, 1.82) is 0 Å². The zero-order valence-electron chi connectivity index (χ0n) is 8.69. The maximum absolute atomic E-state index is 8.89. The van der Waals surface area contributed by atoms with E-state index >= 15 is 0 Å². The maximum atomic E-state index is 8.89. The molecule has 0 amide bonds. The molecule has 2 N–H and O–H groups in total. The Bertz CT molecular complexity index is 341. The van der Waals surface area contributed by atoms with E-state index < -0.39 is 0 Å². The van der Waals surface area contributed by atoms with E-state index in [1.807, 2.05) is 25.1 Å². The van der Waals surface area contributed by atoms with E-state index in [9.17, 15) is 0 Å². The summed E-state index contributed by atoms with van der Waals surface area (Å²) in [5.41, 5.74) is 1.06. The number of hydrogen-bond donors (Lipinski definition) is 2.